The Bertz CT molecular complexity index is 560. The monoisotopic (exact) mass is 278 g/mol. The Morgan fingerprint density at radius 2 is 1.95 bits per heavy atom. The van der Waals surface area contributed by atoms with E-state index in [1.807, 2.05) is 42.9 Å². The average molecular weight is 279 g/mol. The first kappa shape index (κ1) is 13.7. The third kappa shape index (κ3) is 2.84. The number of anilines is 2. The molecular weight excluding hydrogens is 260 g/mol. The predicted octanol–water partition coefficient (Wildman–Crippen LogP) is 2.99. The summed E-state index contributed by atoms with van der Waals surface area (Å²) < 4.78 is 1.84. The molecule has 0 unspecified atom stereocenters. The predicted molar refractivity (Wildman–Crippen MR) is 80.5 cm³/mol. The van der Waals surface area contributed by atoms with Crippen LogP contribution in [0.5, 0.6) is 0 Å². The van der Waals surface area contributed by atoms with E-state index in [1.165, 1.54) is 0 Å². The molecule has 0 amide bonds. The summed E-state index contributed by atoms with van der Waals surface area (Å²) in [4.78, 5) is 2.24. The molecule has 102 valence electrons. The highest BCUT2D eigenvalue weighted by atomic mass is 35.5. The number of benzene rings is 1. The molecule has 0 aliphatic carbocycles. The molecule has 1 aromatic heterocycles. The van der Waals surface area contributed by atoms with Gasteiger partial charge in [0.25, 0.3) is 0 Å². The first-order chi connectivity index (χ1) is 9.02. The van der Waals surface area contributed by atoms with Crippen LogP contribution >= 0.6 is 11.6 Å². The van der Waals surface area contributed by atoms with Crippen LogP contribution in [0.25, 0.3) is 0 Å². The van der Waals surface area contributed by atoms with Crippen molar-refractivity contribution in [2.24, 2.45) is 7.05 Å². The summed E-state index contributed by atoms with van der Waals surface area (Å²) in [7, 11) is 1.92. The third-order valence-corrected chi connectivity index (χ3v) is 3.73. The quantitative estimate of drug-likeness (QED) is 0.875. The van der Waals surface area contributed by atoms with Crippen molar-refractivity contribution in [1.82, 2.24) is 9.78 Å². The van der Waals surface area contributed by atoms with Crippen LogP contribution in [0.15, 0.2) is 24.3 Å². The molecule has 0 saturated carbocycles. The Morgan fingerprint density at radius 3 is 2.42 bits per heavy atom. The highest BCUT2D eigenvalue weighted by molar-refractivity contribution is 6.31. The van der Waals surface area contributed by atoms with Crippen molar-refractivity contribution < 1.29 is 0 Å². The van der Waals surface area contributed by atoms with E-state index in [1.54, 1.807) is 0 Å². The van der Waals surface area contributed by atoms with Gasteiger partial charge in [0.05, 0.1) is 23.0 Å². The fourth-order valence-corrected chi connectivity index (χ4v) is 2.32. The van der Waals surface area contributed by atoms with E-state index < -0.39 is 0 Å². The van der Waals surface area contributed by atoms with Gasteiger partial charge in [-0.25, -0.2) is 0 Å². The Morgan fingerprint density at radius 1 is 1.32 bits per heavy atom. The van der Waals surface area contributed by atoms with Gasteiger partial charge in [-0.3, -0.25) is 4.68 Å². The molecule has 2 N–H and O–H groups in total. The summed E-state index contributed by atoms with van der Waals surface area (Å²) in [6.45, 7) is 5.67. The number of aromatic nitrogens is 2. The molecule has 0 aliphatic heterocycles. The molecule has 0 bridgehead atoms. The zero-order valence-electron chi connectivity index (χ0n) is 11.5. The zero-order chi connectivity index (χ0) is 14.0. The van der Waals surface area contributed by atoms with E-state index in [4.69, 9.17) is 17.3 Å². The van der Waals surface area contributed by atoms with Gasteiger partial charge in [-0.1, -0.05) is 11.6 Å². The molecule has 4 nitrogen and oxygen atoms in total. The van der Waals surface area contributed by atoms with Crippen LogP contribution in [0.1, 0.15) is 18.3 Å². The van der Waals surface area contributed by atoms with Crippen LogP contribution in [0.2, 0.25) is 5.02 Å². The van der Waals surface area contributed by atoms with Gasteiger partial charge in [0, 0.05) is 25.0 Å². The molecule has 0 spiro atoms. The molecule has 2 aromatic rings. The minimum absolute atomic E-state index is 0.733. The minimum atomic E-state index is 0.733. The maximum absolute atomic E-state index is 6.30. The topological polar surface area (TPSA) is 47.1 Å². The Labute approximate surface area is 118 Å². The largest absolute Gasteiger partial charge is 0.399 e. The van der Waals surface area contributed by atoms with E-state index in [2.05, 4.69) is 16.9 Å². The number of aryl methyl sites for hydroxylation is 2. The maximum atomic E-state index is 6.30. The maximum Gasteiger partial charge on any atom is 0.0865 e. The number of rotatable bonds is 4. The van der Waals surface area contributed by atoms with Crippen molar-refractivity contribution in [3.05, 3.63) is 40.7 Å². The van der Waals surface area contributed by atoms with Gasteiger partial charge in [-0.05, 0) is 38.1 Å². The number of hydrogen-bond acceptors (Lipinski definition) is 3. The minimum Gasteiger partial charge on any atom is -0.399 e. The number of nitrogens with zero attached hydrogens (tertiary/aromatic N) is 3. The van der Waals surface area contributed by atoms with Crippen molar-refractivity contribution >= 4 is 23.0 Å². The van der Waals surface area contributed by atoms with Gasteiger partial charge in [0.15, 0.2) is 0 Å². The lowest BCUT2D eigenvalue weighted by Crippen LogP contribution is -2.23. The summed E-state index contributed by atoms with van der Waals surface area (Å²) >= 11 is 6.30. The number of nitrogen functional groups attached to an aromatic ring is 1. The van der Waals surface area contributed by atoms with Gasteiger partial charge < -0.3 is 10.6 Å². The lowest BCUT2D eigenvalue weighted by molar-refractivity contribution is 0.682. The van der Waals surface area contributed by atoms with E-state index in [-0.39, 0.29) is 0 Å². The van der Waals surface area contributed by atoms with Crippen molar-refractivity contribution in [2.75, 3.05) is 17.2 Å². The fraction of sp³-hybridized carbons (Fsp3) is 0.357. The van der Waals surface area contributed by atoms with E-state index in [0.29, 0.717) is 0 Å². The number of hydrogen-bond donors (Lipinski definition) is 1. The standard InChI is InChI=1S/C14H19ClN4/c1-4-19(12-7-5-11(16)6-8-12)9-13-14(15)10(2)17-18(13)3/h5-8H,4,9,16H2,1-3H3. The second kappa shape index (κ2) is 5.53. The molecule has 0 atom stereocenters. The molecule has 0 aliphatic rings. The van der Waals surface area contributed by atoms with Crippen molar-refractivity contribution in [1.29, 1.82) is 0 Å². The summed E-state index contributed by atoms with van der Waals surface area (Å²) in [5.74, 6) is 0. The van der Waals surface area contributed by atoms with Crippen LogP contribution in [0.3, 0.4) is 0 Å². The van der Waals surface area contributed by atoms with E-state index in [0.717, 1.165) is 40.9 Å². The van der Waals surface area contributed by atoms with Crippen molar-refractivity contribution in [3.8, 4) is 0 Å². The highest BCUT2D eigenvalue weighted by Crippen LogP contribution is 2.24. The van der Waals surface area contributed by atoms with Gasteiger partial charge >= 0.3 is 0 Å². The van der Waals surface area contributed by atoms with Gasteiger partial charge in [-0.2, -0.15) is 5.10 Å². The van der Waals surface area contributed by atoms with Crippen molar-refractivity contribution in [3.63, 3.8) is 0 Å². The summed E-state index contributed by atoms with van der Waals surface area (Å²) in [6.07, 6.45) is 0. The summed E-state index contributed by atoms with van der Waals surface area (Å²) in [6, 6.07) is 7.87. The number of halogens is 1. The molecule has 1 heterocycles. The Hall–Kier alpha value is -1.68. The first-order valence-corrected chi connectivity index (χ1v) is 6.69. The summed E-state index contributed by atoms with van der Waals surface area (Å²) in [5, 5.41) is 5.09. The van der Waals surface area contributed by atoms with E-state index in [9.17, 15) is 0 Å². The van der Waals surface area contributed by atoms with Gasteiger partial charge in [0.1, 0.15) is 0 Å². The zero-order valence-corrected chi connectivity index (χ0v) is 12.3. The van der Waals surface area contributed by atoms with Crippen LogP contribution in [-0.4, -0.2) is 16.3 Å². The third-order valence-electron chi connectivity index (χ3n) is 3.24. The molecule has 2 rings (SSSR count). The van der Waals surface area contributed by atoms with Crippen molar-refractivity contribution in [2.45, 2.75) is 20.4 Å². The Kier molecular flexibility index (Phi) is 4.00. The van der Waals surface area contributed by atoms with Crippen LogP contribution < -0.4 is 10.6 Å². The molecular formula is C14H19ClN4. The molecule has 1 aromatic carbocycles. The molecule has 19 heavy (non-hydrogen) atoms. The van der Waals surface area contributed by atoms with Gasteiger partial charge in [0.2, 0.25) is 0 Å². The van der Waals surface area contributed by atoms with Crippen LogP contribution in [0.4, 0.5) is 11.4 Å². The average Bonchev–Trinajstić information content (AvgIpc) is 2.63. The lowest BCUT2D eigenvalue weighted by Gasteiger charge is -2.23. The molecule has 5 heteroatoms. The van der Waals surface area contributed by atoms with Gasteiger partial charge in [-0.15, -0.1) is 0 Å². The fourth-order valence-electron chi connectivity index (χ4n) is 2.10. The SMILES string of the molecule is CCN(Cc1c(Cl)c(C)nn1C)c1ccc(N)cc1. The van der Waals surface area contributed by atoms with E-state index >= 15 is 0 Å². The van der Waals surface area contributed by atoms with Crippen LogP contribution in [0, 0.1) is 6.92 Å². The second-order valence-electron chi connectivity index (χ2n) is 4.58. The highest BCUT2D eigenvalue weighted by Gasteiger charge is 2.14. The second-order valence-corrected chi connectivity index (χ2v) is 4.95. The lowest BCUT2D eigenvalue weighted by atomic mass is 10.2. The number of nitrogens with two attached hydrogens (primary N) is 1. The Balaban J connectivity index is 2.26. The molecule has 0 saturated heterocycles. The summed E-state index contributed by atoms with van der Waals surface area (Å²) in [5.41, 5.74) is 9.52. The molecule has 0 fully saturated rings. The first-order valence-electron chi connectivity index (χ1n) is 6.31. The smallest absolute Gasteiger partial charge is 0.0865 e. The normalized spacial score (nSPS) is 10.7. The molecule has 0 radical (unpaired) electrons. The van der Waals surface area contributed by atoms with Crippen LogP contribution in [-0.2, 0) is 13.6 Å².